The van der Waals surface area contributed by atoms with E-state index in [0.29, 0.717) is 23.8 Å². The molecule has 136 valence electrons. The molecule has 1 saturated heterocycles. The van der Waals surface area contributed by atoms with Crippen LogP contribution in [-0.4, -0.2) is 54.7 Å². The summed E-state index contributed by atoms with van der Waals surface area (Å²) in [4.78, 5) is 4.29. The lowest BCUT2D eigenvalue weighted by Gasteiger charge is -2.16. The molecule has 9 heteroatoms. The molecule has 1 aromatic carbocycles. The minimum absolute atomic E-state index is 0.0430. The van der Waals surface area contributed by atoms with Crippen LogP contribution < -0.4 is 0 Å². The number of benzene rings is 1. The molecule has 3 rings (SSSR count). The second-order valence-electron chi connectivity index (χ2n) is 6.33. The van der Waals surface area contributed by atoms with Gasteiger partial charge >= 0.3 is 0 Å². The van der Waals surface area contributed by atoms with Crippen LogP contribution in [0.25, 0.3) is 0 Å². The maximum Gasteiger partial charge on any atom is 0.243 e. The average Bonchev–Trinajstić information content (AvgIpc) is 3.17. The van der Waals surface area contributed by atoms with E-state index in [1.54, 1.807) is 21.0 Å². The van der Waals surface area contributed by atoms with Crippen LogP contribution in [0.3, 0.4) is 0 Å². The summed E-state index contributed by atoms with van der Waals surface area (Å²) in [6, 6.07) is 3.98. The van der Waals surface area contributed by atoms with Crippen molar-refractivity contribution in [1.82, 2.24) is 19.5 Å². The zero-order chi connectivity index (χ0) is 18.2. The van der Waals surface area contributed by atoms with Crippen LogP contribution >= 0.6 is 0 Å². The van der Waals surface area contributed by atoms with E-state index in [4.69, 9.17) is 4.74 Å². The number of rotatable bonds is 5. The fraction of sp³-hybridized carbons (Fsp3) is 0.500. The molecule has 0 aliphatic carbocycles. The number of aromatic nitrogens is 3. The molecule has 0 spiro atoms. The number of ether oxygens (including phenoxy) is 1. The van der Waals surface area contributed by atoms with E-state index in [0.717, 1.165) is 6.07 Å². The normalized spacial score (nSPS) is 21.8. The van der Waals surface area contributed by atoms with Gasteiger partial charge < -0.3 is 4.74 Å². The second-order valence-corrected chi connectivity index (χ2v) is 8.27. The molecular formula is C16H21FN4O3S. The summed E-state index contributed by atoms with van der Waals surface area (Å²) in [6.45, 7) is 4.30. The van der Waals surface area contributed by atoms with Gasteiger partial charge in [0, 0.05) is 32.0 Å². The summed E-state index contributed by atoms with van der Waals surface area (Å²) in [5, 5.41) is 6.96. The number of halogens is 1. The zero-order valence-electron chi connectivity index (χ0n) is 14.4. The minimum atomic E-state index is -3.79. The first-order valence-corrected chi connectivity index (χ1v) is 9.41. The maximum atomic E-state index is 13.8. The summed E-state index contributed by atoms with van der Waals surface area (Å²) in [5.41, 5.74) is 0.409. The van der Waals surface area contributed by atoms with Crippen LogP contribution in [0, 0.1) is 25.6 Å². The van der Waals surface area contributed by atoms with Gasteiger partial charge in [0.2, 0.25) is 10.0 Å². The van der Waals surface area contributed by atoms with Crippen molar-refractivity contribution in [3.8, 4) is 0 Å². The van der Waals surface area contributed by atoms with E-state index in [9.17, 15) is 12.8 Å². The van der Waals surface area contributed by atoms with Crippen LogP contribution in [-0.2, 0) is 14.8 Å². The van der Waals surface area contributed by atoms with E-state index in [1.165, 1.54) is 16.4 Å². The standard InChI is InChI=1S/C16H21FN4O3S/c1-10-4-5-13(6-15(10)17)25(22,23)21-7-12(9-24-3)14(8-21)16-18-11(2)19-20-16/h4-6,12,14H,7-9H2,1-3H3,(H,18,19,20)/t12-,14+/m0/s1. The van der Waals surface area contributed by atoms with Crippen LogP contribution in [0.4, 0.5) is 4.39 Å². The number of nitrogens with one attached hydrogen (secondary N) is 1. The fourth-order valence-electron chi connectivity index (χ4n) is 3.11. The van der Waals surface area contributed by atoms with Gasteiger partial charge in [-0.2, -0.15) is 9.40 Å². The number of aryl methyl sites for hydroxylation is 2. The van der Waals surface area contributed by atoms with Crippen molar-refractivity contribution < 1.29 is 17.5 Å². The summed E-state index contributed by atoms with van der Waals surface area (Å²) in [6.07, 6.45) is 0. The van der Waals surface area contributed by atoms with Crippen molar-refractivity contribution in [3.05, 3.63) is 41.2 Å². The molecule has 1 aromatic heterocycles. The van der Waals surface area contributed by atoms with Gasteiger partial charge in [-0.15, -0.1) is 0 Å². The highest BCUT2D eigenvalue weighted by molar-refractivity contribution is 7.89. The van der Waals surface area contributed by atoms with Gasteiger partial charge in [-0.05, 0) is 31.5 Å². The van der Waals surface area contributed by atoms with E-state index in [-0.39, 0.29) is 29.8 Å². The molecule has 25 heavy (non-hydrogen) atoms. The molecule has 7 nitrogen and oxygen atoms in total. The monoisotopic (exact) mass is 368 g/mol. The van der Waals surface area contributed by atoms with Crippen molar-refractivity contribution in [2.45, 2.75) is 24.7 Å². The SMILES string of the molecule is COC[C@@H]1CN(S(=O)(=O)c2ccc(C)c(F)c2)C[C@H]1c1n[nH]c(C)n1. The van der Waals surface area contributed by atoms with Gasteiger partial charge in [-0.25, -0.2) is 17.8 Å². The fourth-order valence-corrected chi connectivity index (χ4v) is 4.65. The van der Waals surface area contributed by atoms with Gasteiger partial charge in [0.05, 0.1) is 11.5 Å². The van der Waals surface area contributed by atoms with Gasteiger partial charge in [-0.3, -0.25) is 5.10 Å². The third kappa shape index (κ3) is 3.44. The number of aromatic amines is 1. The third-order valence-corrected chi connectivity index (χ3v) is 6.34. The quantitative estimate of drug-likeness (QED) is 0.866. The summed E-state index contributed by atoms with van der Waals surface area (Å²) >= 11 is 0. The molecule has 0 amide bonds. The summed E-state index contributed by atoms with van der Waals surface area (Å²) in [5.74, 6) is 0.482. The predicted molar refractivity (Wildman–Crippen MR) is 89.1 cm³/mol. The first kappa shape index (κ1) is 18.0. The Hall–Kier alpha value is -1.84. The number of hydrogen-bond donors (Lipinski definition) is 1. The molecule has 1 fully saturated rings. The molecule has 2 aromatic rings. The molecule has 1 N–H and O–H groups in total. The molecule has 0 radical (unpaired) electrons. The Kier molecular flexibility index (Phi) is 4.90. The molecular weight excluding hydrogens is 347 g/mol. The van der Waals surface area contributed by atoms with Crippen molar-refractivity contribution in [2.24, 2.45) is 5.92 Å². The first-order chi connectivity index (χ1) is 11.8. The van der Waals surface area contributed by atoms with Crippen LogP contribution in [0.1, 0.15) is 23.1 Å². The van der Waals surface area contributed by atoms with Crippen LogP contribution in [0.2, 0.25) is 0 Å². The van der Waals surface area contributed by atoms with Crippen molar-refractivity contribution >= 4 is 10.0 Å². The molecule has 0 unspecified atom stereocenters. The molecule has 1 aliphatic rings. The Bertz CT molecular complexity index is 868. The van der Waals surface area contributed by atoms with E-state index in [1.807, 2.05) is 0 Å². The van der Waals surface area contributed by atoms with Crippen molar-refractivity contribution in [3.63, 3.8) is 0 Å². The Morgan fingerprint density at radius 2 is 2.12 bits per heavy atom. The van der Waals surface area contributed by atoms with Crippen LogP contribution in [0.5, 0.6) is 0 Å². The Balaban J connectivity index is 1.90. The highest BCUT2D eigenvalue weighted by Crippen LogP contribution is 2.34. The third-order valence-electron chi connectivity index (χ3n) is 4.52. The molecule has 0 bridgehead atoms. The summed E-state index contributed by atoms with van der Waals surface area (Å²) in [7, 11) is -2.22. The smallest absolute Gasteiger partial charge is 0.243 e. The van der Waals surface area contributed by atoms with Crippen molar-refractivity contribution in [2.75, 3.05) is 26.8 Å². The zero-order valence-corrected chi connectivity index (χ0v) is 15.2. The van der Waals surface area contributed by atoms with Gasteiger partial charge in [0.25, 0.3) is 0 Å². The van der Waals surface area contributed by atoms with Gasteiger partial charge in [-0.1, -0.05) is 6.07 Å². The number of hydrogen-bond acceptors (Lipinski definition) is 5. The lowest BCUT2D eigenvalue weighted by atomic mass is 9.96. The van der Waals surface area contributed by atoms with Gasteiger partial charge in [0.15, 0.2) is 5.82 Å². The van der Waals surface area contributed by atoms with E-state index >= 15 is 0 Å². The highest BCUT2D eigenvalue weighted by atomic mass is 32.2. The lowest BCUT2D eigenvalue weighted by molar-refractivity contribution is 0.150. The molecule has 1 aliphatic heterocycles. The first-order valence-electron chi connectivity index (χ1n) is 7.97. The number of nitrogens with zero attached hydrogens (tertiary/aromatic N) is 3. The highest BCUT2D eigenvalue weighted by Gasteiger charge is 2.41. The molecule has 2 heterocycles. The minimum Gasteiger partial charge on any atom is -0.384 e. The topological polar surface area (TPSA) is 88.2 Å². The lowest BCUT2D eigenvalue weighted by Crippen LogP contribution is -2.29. The van der Waals surface area contributed by atoms with E-state index in [2.05, 4.69) is 15.2 Å². The molecule has 0 saturated carbocycles. The number of methoxy groups -OCH3 is 1. The Morgan fingerprint density at radius 3 is 2.72 bits per heavy atom. The predicted octanol–water partition coefficient (Wildman–Crippen LogP) is 1.61. The van der Waals surface area contributed by atoms with E-state index < -0.39 is 15.8 Å². The number of sulfonamides is 1. The Morgan fingerprint density at radius 1 is 1.36 bits per heavy atom. The second kappa shape index (κ2) is 6.81. The average molecular weight is 368 g/mol. The number of H-pyrrole nitrogens is 1. The van der Waals surface area contributed by atoms with Crippen molar-refractivity contribution in [1.29, 1.82) is 0 Å². The molecule has 2 atom stereocenters. The largest absolute Gasteiger partial charge is 0.384 e. The Labute approximate surface area is 146 Å². The maximum absolute atomic E-state index is 13.8. The summed E-state index contributed by atoms with van der Waals surface area (Å²) < 4.78 is 46.2. The van der Waals surface area contributed by atoms with Crippen LogP contribution in [0.15, 0.2) is 23.1 Å². The van der Waals surface area contributed by atoms with Gasteiger partial charge in [0.1, 0.15) is 11.6 Å².